The van der Waals surface area contributed by atoms with E-state index >= 15 is 0 Å². The molecule has 0 saturated carbocycles. The Morgan fingerprint density at radius 2 is 1.92 bits per heavy atom. The van der Waals surface area contributed by atoms with Gasteiger partial charge in [-0.15, -0.1) is 12.4 Å². The lowest BCUT2D eigenvalue weighted by molar-refractivity contribution is 0.193. The Hall–Kier alpha value is -0.570. The molecule has 2 nitrogen and oxygen atoms in total. The van der Waals surface area contributed by atoms with Crippen LogP contribution in [0.4, 0.5) is 0 Å². The van der Waals surface area contributed by atoms with Gasteiger partial charge in [0.25, 0.3) is 0 Å². The summed E-state index contributed by atoms with van der Waals surface area (Å²) < 4.78 is 0. The van der Waals surface area contributed by atoms with Crippen LogP contribution in [-0.2, 0) is 0 Å². The van der Waals surface area contributed by atoms with Crippen LogP contribution in [-0.4, -0.2) is 17.8 Å². The average molecular weight is 200 g/mol. The highest BCUT2D eigenvalue weighted by atomic mass is 35.5. The van der Waals surface area contributed by atoms with Crippen molar-refractivity contribution in [3.63, 3.8) is 0 Å². The van der Waals surface area contributed by atoms with Crippen molar-refractivity contribution in [3.8, 4) is 0 Å². The fourth-order valence-electron chi connectivity index (χ4n) is 1.66. The van der Waals surface area contributed by atoms with E-state index in [1.54, 1.807) is 0 Å². The van der Waals surface area contributed by atoms with Gasteiger partial charge in [-0.3, -0.25) is 0 Å². The quantitative estimate of drug-likeness (QED) is 0.719. The summed E-state index contributed by atoms with van der Waals surface area (Å²) in [6, 6.07) is 10.6. The van der Waals surface area contributed by atoms with Gasteiger partial charge < -0.3 is 10.4 Å². The zero-order valence-electron chi connectivity index (χ0n) is 7.31. The van der Waals surface area contributed by atoms with E-state index in [1.165, 1.54) is 5.56 Å². The first-order chi connectivity index (χ1) is 5.86. The van der Waals surface area contributed by atoms with E-state index in [0.717, 1.165) is 13.0 Å². The monoisotopic (exact) mass is 199 g/mol. The van der Waals surface area contributed by atoms with Crippen LogP contribution in [0.2, 0.25) is 0 Å². The third-order valence-electron chi connectivity index (χ3n) is 2.31. The predicted octanol–water partition coefficient (Wildman–Crippen LogP) is 1.50. The lowest BCUT2D eigenvalue weighted by atomic mass is 10.1. The third-order valence-corrected chi connectivity index (χ3v) is 2.31. The molecule has 0 spiro atoms. The van der Waals surface area contributed by atoms with E-state index in [0.29, 0.717) is 6.04 Å². The Kier molecular flexibility index (Phi) is 3.72. The van der Waals surface area contributed by atoms with E-state index in [9.17, 15) is 5.11 Å². The molecule has 3 heteroatoms. The average Bonchev–Trinajstić information content (AvgIpc) is 2.54. The van der Waals surface area contributed by atoms with Gasteiger partial charge in [-0.2, -0.15) is 0 Å². The molecule has 0 unspecified atom stereocenters. The maximum atomic E-state index is 9.30. The van der Waals surface area contributed by atoms with E-state index in [2.05, 4.69) is 17.4 Å². The molecular formula is C10H14ClNO. The SMILES string of the molecule is Cl.O[C@@H]1CN[C@@H](c2ccccc2)C1. The molecule has 1 aliphatic heterocycles. The van der Waals surface area contributed by atoms with Gasteiger partial charge in [-0.05, 0) is 12.0 Å². The van der Waals surface area contributed by atoms with E-state index in [1.807, 2.05) is 18.2 Å². The summed E-state index contributed by atoms with van der Waals surface area (Å²) in [5.74, 6) is 0. The standard InChI is InChI=1S/C10H13NO.ClH/c12-9-6-10(11-7-9)8-4-2-1-3-5-8;/h1-5,9-12H,6-7H2;1H/t9-,10+;/m0./s1. The van der Waals surface area contributed by atoms with Crippen LogP contribution >= 0.6 is 12.4 Å². The van der Waals surface area contributed by atoms with Crippen LogP contribution < -0.4 is 5.32 Å². The van der Waals surface area contributed by atoms with Crippen molar-refractivity contribution in [2.45, 2.75) is 18.6 Å². The molecule has 2 rings (SSSR count). The Bertz CT molecular complexity index is 252. The molecule has 2 N–H and O–H groups in total. The number of rotatable bonds is 1. The number of hydrogen-bond acceptors (Lipinski definition) is 2. The van der Waals surface area contributed by atoms with Gasteiger partial charge in [0, 0.05) is 12.6 Å². The first-order valence-electron chi connectivity index (χ1n) is 4.32. The van der Waals surface area contributed by atoms with Crippen molar-refractivity contribution in [2.75, 3.05) is 6.54 Å². The number of halogens is 1. The summed E-state index contributed by atoms with van der Waals surface area (Å²) in [6.45, 7) is 0.722. The zero-order valence-corrected chi connectivity index (χ0v) is 8.13. The normalized spacial score (nSPS) is 26.8. The summed E-state index contributed by atoms with van der Waals surface area (Å²) >= 11 is 0. The molecule has 1 heterocycles. The second-order valence-corrected chi connectivity index (χ2v) is 3.26. The minimum Gasteiger partial charge on any atom is -0.392 e. The molecule has 0 aliphatic carbocycles. The molecular weight excluding hydrogens is 186 g/mol. The van der Waals surface area contributed by atoms with Gasteiger partial charge in [0.2, 0.25) is 0 Å². The maximum absolute atomic E-state index is 9.30. The highest BCUT2D eigenvalue weighted by Gasteiger charge is 2.22. The topological polar surface area (TPSA) is 32.3 Å². The highest BCUT2D eigenvalue weighted by molar-refractivity contribution is 5.85. The van der Waals surface area contributed by atoms with Crippen molar-refractivity contribution in [1.82, 2.24) is 5.32 Å². The second-order valence-electron chi connectivity index (χ2n) is 3.26. The van der Waals surface area contributed by atoms with E-state index < -0.39 is 0 Å². The van der Waals surface area contributed by atoms with Crippen LogP contribution in [0.1, 0.15) is 18.0 Å². The fraction of sp³-hybridized carbons (Fsp3) is 0.400. The minimum absolute atomic E-state index is 0. The van der Waals surface area contributed by atoms with Crippen LogP contribution in [0.15, 0.2) is 30.3 Å². The lowest BCUT2D eigenvalue weighted by Gasteiger charge is -2.08. The number of hydrogen-bond donors (Lipinski definition) is 2. The zero-order chi connectivity index (χ0) is 8.39. The van der Waals surface area contributed by atoms with Crippen molar-refractivity contribution < 1.29 is 5.11 Å². The largest absolute Gasteiger partial charge is 0.392 e. The molecule has 1 aromatic carbocycles. The number of aliphatic hydroxyl groups excluding tert-OH is 1. The van der Waals surface area contributed by atoms with Gasteiger partial charge >= 0.3 is 0 Å². The Labute approximate surface area is 84.4 Å². The number of benzene rings is 1. The van der Waals surface area contributed by atoms with Crippen molar-refractivity contribution in [2.24, 2.45) is 0 Å². The Balaban J connectivity index is 0.000000845. The van der Waals surface area contributed by atoms with E-state index in [4.69, 9.17) is 0 Å². The number of aliphatic hydroxyl groups is 1. The second kappa shape index (κ2) is 4.61. The van der Waals surface area contributed by atoms with Crippen LogP contribution in [0, 0.1) is 0 Å². The third kappa shape index (κ3) is 2.44. The van der Waals surface area contributed by atoms with Gasteiger partial charge in [0.1, 0.15) is 0 Å². The minimum atomic E-state index is -0.171. The first-order valence-corrected chi connectivity index (χ1v) is 4.32. The van der Waals surface area contributed by atoms with Crippen LogP contribution in [0.3, 0.4) is 0 Å². The van der Waals surface area contributed by atoms with Gasteiger partial charge in [0.05, 0.1) is 6.10 Å². The summed E-state index contributed by atoms with van der Waals surface area (Å²) in [5.41, 5.74) is 1.27. The highest BCUT2D eigenvalue weighted by Crippen LogP contribution is 2.22. The Morgan fingerprint density at radius 1 is 1.23 bits per heavy atom. The molecule has 2 atom stereocenters. The summed E-state index contributed by atoms with van der Waals surface area (Å²) in [5, 5.41) is 12.6. The predicted molar refractivity (Wildman–Crippen MR) is 55.1 cm³/mol. The summed E-state index contributed by atoms with van der Waals surface area (Å²) in [7, 11) is 0. The molecule has 13 heavy (non-hydrogen) atoms. The van der Waals surface area contributed by atoms with Crippen molar-refractivity contribution in [3.05, 3.63) is 35.9 Å². The smallest absolute Gasteiger partial charge is 0.0682 e. The lowest BCUT2D eigenvalue weighted by Crippen LogP contribution is -2.14. The van der Waals surface area contributed by atoms with Gasteiger partial charge in [0.15, 0.2) is 0 Å². The van der Waals surface area contributed by atoms with Crippen LogP contribution in [0.5, 0.6) is 0 Å². The fourth-order valence-corrected chi connectivity index (χ4v) is 1.66. The molecule has 1 fully saturated rings. The van der Waals surface area contributed by atoms with Gasteiger partial charge in [-0.25, -0.2) is 0 Å². The maximum Gasteiger partial charge on any atom is 0.0682 e. The molecule has 1 aromatic rings. The van der Waals surface area contributed by atoms with Crippen LogP contribution in [0.25, 0.3) is 0 Å². The number of β-amino-alcohol motifs (C(OH)–C–C–N with tert-alkyl or cyclic N) is 1. The van der Waals surface area contributed by atoms with E-state index in [-0.39, 0.29) is 18.5 Å². The molecule has 0 aromatic heterocycles. The summed E-state index contributed by atoms with van der Waals surface area (Å²) in [4.78, 5) is 0. The van der Waals surface area contributed by atoms with Crippen molar-refractivity contribution in [1.29, 1.82) is 0 Å². The molecule has 0 amide bonds. The molecule has 0 radical (unpaired) electrons. The molecule has 1 saturated heterocycles. The molecule has 1 aliphatic rings. The number of nitrogens with one attached hydrogen (secondary N) is 1. The van der Waals surface area contributed by atoms with Gasteiger partial charge in [-0.1, -0.05) is 30.3 Å². The summed E-state index contributed by atoms with van der Waals surface area (Å²) in [6.07, 6.45) is 0.666. The Morgan fingerprint density at radius 3 is 2.46 bits per heavy atom. The van der Waals surface area contributed by atoms with Crippen molar-refractivity contribution >= 4 is 12.4 Å². The molecule has 0 bridgehead atoms. The molecule has 72 valence electrons. The first kappa shape index (κ1) is 10.5.